The largest absolute Gasteiger partial charge is 0.544 e. The van der Waals surface area contributed by atoms with Crippen molar-refractivity contribution >= 4 is 14.3 Å². The van der Waals surface area contributed by atoms with Crippen LogP contribution in [0.1, 0.15) is 32.8 Å². The fraction of sp³-hybridized carbons (Fsp3) is 0.526. The van der Waals surface area contributed by atoms with Crippen LogP contribution in [-0.4, -0.2) is 26.9 Å². The van der Waals surface area contributed by atoms with E-state index < -0.39 is 19.8 Å². The Hall–Kier alpha value is -1.59. The van der Waals surface area contributed by atoms with Crippen LogP contribution in [0.25, 0.3) is 0 Å². The first-order valence-corrected chi connectivity index (χ1v) is 11.1. The second-order valence-electron chi connectivity index (χ2n) is 7.82. The zero-order valence-electron chi connectivity index (χ0n) is 15.8. The number of hydrogen-bond donors (Lipinski definition) is 1. The molecule has 0 saturated heterocycles. The predicted octanol–water partition coefficient (Wildman–Crippen LogP) is 4.06. The number of rotatable bonds is 7. The van der Waals surface area contributed by atoms with Gasteiger partial charge in [0.25, 0.3) is 0 Å². The van der Waals surface area contributed by atoms with Crippen LogP contribution < -0.4 is 10.2 Å². The highest BCUT2D eigenvalue weighted by Gasteiger charge is 2.39. The third-order valence-electron chi connectivity index (χ3n) is 4.72. The van der Waals surface area contributed by atoms with Gasteiger partial charge in [-0.25, -0.2) is 0 Å². The van der Waals surface area contributed by atoms with Gasteiger partial charge in [-0.05, 0) is 42.2 Å². The molecular formula is C19H31NO3Si. The van der Waals surface area contributed by atoms with E-state index in [1.54, 1.807) is 6.08 Å². The zero-order chi connectivity index (χ0) is 18.6. The number of carbonyl (C=O) groups excluding carboxylic acids is 1. The van der Waals surface area contributed by atoms with Crippen LogP contribution >= 0.6 is 0 Å². The van der Waals surface area contributed by atoms with Gasteiger partial charge in [0.05, 0.1) is 7.11 Å². The maximum atomic E-state index is 12.0. The molecule has 0 spiro atoms. The summed E-state index contributed by atoms with van der Waals surface area (Å²) in [6, 6.07) is 7.80. The number of nitrogens with two attached hydrogens (primary N) is 1. The van der Waals surface area contributed by atoms with Crippen LogP contribution in [0.5, 0.6) is 5.75 Å². The van der Waals surface area contributed by atoms with E-state index in [0.717, 1.165) is 11.3 Å². The summed E-state index contributed by atoms with van der Waals surface area (Å²) in [5.74, 6) is 0.429. The monoisotopic (exact) mass is 349 g/mol. The van der Waals surface area contributed by atoms with Crippen LogP contribution in [0.15, 0.2) is 36.9 Å². The average Bonchev–Trinajstić information content (AvgIpc) is 2.47. The van der Waals surface area contributed by atoms with Crippen LogP contribution in [0.2, 0.25) is 18.1 Å². The van der Waals surface area contributed by atoms with E-state index in [1.165, 1.54) is 7.11 Å². The number of benzene rings is 1. The van der Waals surface area contributed by atoms with Crippen molar-refractivity contribution in [1.29, 1.82) is 0 Å². The van der Waals surface area contributed by atoms with Crippen LogP contribution in [0, 0.1) is 0 Å². The molecule has 0 aliphatic rings. The first-order chi connectivity index (χ1) is 10.9. The molecule has 0 heterocycles. The van der Waals surface area contributed by atoms with Crippen LogP contribution in [0.4, 0.5) is 0 Å². The van der Waals surface area contributed by atoms with Crippen molar-refractivity contribution < 1.29 is 14.0 Å². The minimum absolute atomic E-state index is 0.146. The SMILES string of the molecule is C=CCC(N)(Cc1ccc(O[Si](C)(C)C(C)(C)C)cc1)C(=O)OC. The number of ether oxygens (including phenoxy) is 1. The molecule has 0 aromatic heterocycles. The fourth-order valence-corrected chi connectivity index (χ4v) is 3.21. The summed E-state index contributed by atoms with van der Waals surface area (Å²) in [6.45, 7) is 14.7. The molecule has 0 aliphatic heterocycles. The standard InChI is InChI=1S/C19H31NO3Si/c1-8-13-19(20,17(21)22-5)14-15-9-11-16(12-10-15)23-24(6,7)18(2,3)4/h8-12H,1,13-14,20H2,2-7H3. The van der Waals surface area contributed by atoms with Gasteiger partial charge < -0.3 is 14.9 Å². The molecular weight excluding hydrogens is 318 g/mol. The summed E-state index contributed by atoms with van der Waals surface area (Å²) in [6.07, 6.45) is 2.40. The Bertz CT molecular complexity index is 575. The third kappa shape index (κ3) is 4.95. The predicted molar refractivity (Wildman–Crippen MR) is 102 cm³/mol. The lowest BCUT2D eigenvalue weighted by molar-refractivity contribution is -0.146. The molecule has 1 rings (SSSR count). The van der Waals surface area contributed by atoms with E-state index in [2.05, 4.69) is 40.4 Å². The molecule has 0 fully saturated rings. The third-order valence-corrected chi connectivity index (χ3v) is 9.08. The molecule has 5 heteroatoms. The van der Waals surface area contributed by atoms with Crippen molar-refractivity contribution in [2.75, 3.05) is 7.11 Å². The van der Waals surface area contributed by atoms with Crippen molar-refractivity contribution in [3.63, 3.8) is 0 Å². The van der Waals surface area contributed by atoms with Gasteiger partial charge in [-0.3, -0.25) is 4.79 Å². The summed E-state index contributed by atoms with van der Waals surface area (Å²) in [5, 5.41) is 0.146. The van der Waals surface area contributed by atoms with Gasteiger partial charge >= 0.3 is 5.97 Å². The van der Waals surface area contributed by atoms with Crippen LogP contribution in [0.3, 0.4) is 0 Å². The highest BCUT2D eigenvalue weighted by molar-refractivity contribution is 6.74. The fourth-order valence-electron chi connectivity index (χ4n) is 2.18. The Labute approximate surface area is 147 Å². The topological polar surface area (TPSA) is 61.5 Å². The molecule has 4 nitrogen and oxygen atoms in total. The highest BCUT2D eigenvalue weighted by Crippen LogP contribution is 2.37. The molecule has 0 amide bonds. The van der Waals surface area contributed by atoms with Gasteiger partial charge in [-0.2, -0.15) is 0 Å². The van der Waals surface area contributed by atoms with Gasteiger partial charge in [0.2, 0.25) is 8.32 Å². The maximum Gasteiger partial charge on any atom is 0.326 e. The lowest BCUT2D eigenvalue weighted by atomic mass is 9.88. The van der Waals surface area contributed by atoms with Crippen molar-refractivity contribution in [2.45, 2.75) is 57.3 Å². The first-order valence-electron chi connectivity index (χ1n) is 8.21. The Morgan fingerprint density at radius 2 is 1.79 bits per heavy atom. The van der Waals surface area contributed by atoms with Crippen molar-refractivity contribution in [2.24, 2.45) is 5.73 Å². The van der Waals surface area contributed by atoms with Crippen molar-refractivity contribution in [3.8, 4) is 5.75 Å². The quantitative estimate of drug-likeness (QED) is 0.458. The first kappa shape index (κ1) is 20.5. The minimum atomic E-state index is -1.86. The summed E-state index contributed by atoms with van der Waals surface area (Å²) in [5.41, 5.74) is 6.10. The molecule has 0 aliphatic carbocycles. The van der Waals surface area contributed by atoms with E-state index in [0.29, 0.717) is 12.8 Å². The summed E-state index contributed by atoms with van der Waals surface area (Å²) >= 11 is 0. The minimum Gasteiger partial charge on any atom is -0.544 e. The summed E-state index contributed by atoms with van der Waals surface area (Å²) in [7, 11) is -0.508. The number of methoxy groups -OCH3 is 1. The Kier molecular flexibility index (Phi) is 6.42. The molecule has 1 atom stereocenters. The molecule has 1 unspecified atom stereocenters. The smallest absolute Gasteiger partial charge is 0.326 e. The molecule has 0 bridgehead atoms. The van der Waals surface area contributed by atoms with Crippen LogP contribution in [-0.2, 0) is 16.0 Å². The summed E-state index contributed by atoms with van der Waals surface area (Å²) < 4.78 is 11.1. The Morgan fingerprint density at radius 3 is 2.21 bits per heavy atom. The number of hydrogen-bond acceptors (Lipinski definition) is 4. The van der Waals surface area contributed by atoms with Gasteiger partial charge in [0.15, 0.2) is 0 Å². The van der Waals surface area contributed by atoms with Gasteiger partial charge in [-0.1, -0.05) is 39.0 Å². The average molecular weight is 350 g/mol. The van der Waals surface area contributed by atoms with E-state index in [9.17, 15) is 4.79 Å². The zero-order valence-corrected chi connectivity index (χ0v) is 16.8. The molecule has 0 radical (unpaired) electrons. The van der Waals surface area contributed by atoms with Gasteiger partial charge in [-0.15, -0.1) is 6.58 Å². The van der Waals surface area contributed by atoms with Gasteiger partial charge in [0.1, 0.15) is 11.3 Å². The lowest BCUT2D eigenvalue weighted by Crippen LogP contribution is -2.50. The molecule has 1 aromatic rings. The van der Waals surface area contributed by atoms with E-state index >= 15 is 0 Å². The van der Waals surface area contributed by atoms with Gasteiger partial charge in [0, 0.05) is 6.42 Å². The molecule has 2 N–H and O–H groups in total. The molecule has 134 valence electrons. The number of carbonyl (C=O) groups is 1. The van der Waals surface area contributed by atoms with Crippen molar-refractivity contribution in [1.82, 2.24) is 0 Å². The molecule has 24 heavy (non-hydrogen) atoms. The summed E-state index contributed by atoms with van der Waals surface area (Å²) in [4.78, 5) is 12.0. The molecule has 1 aromatic carbocycles. The maximum absolute atomic E-state index is 12.0. The van der Waals surface area contributed by atoms with E-state index in [-0.39, 0.29) is 5.04 Å². The Balaban J connectivity index is 2.91. The second-order valence-corrected chi connectivity index (χ2v) is 12.5. The second kappa shape index (κ2) is 7.53. The van der Waals surface area contributed by atoms with Crippen molar-refractivity contribution in [3.05, 3.63) is 42.5 Å². The van der Waals surface area contributed by atoms with E-state index in [1.807, 2.05) is 24.3 Å². The normalized spacial score (nSPS) is 14.6. The highest BCUT2D eigenvalue weighted by atomic mass is 28.4. The number of esters is 1. The van der Waals surface area contributed by atoms with E-state index in [4.69, 9.17) is 14.9 Å². The Morgan fingerprint density at radius 1 is 1.25 bits per heavy atom. The molecule has 0 saturated carbocycles. The lowest BCUT2D eigenvalue weighted by Gasteiger charge is -2.36.